The van der Waals surface area contributed by atoms with Gasteiger partial charge in [0.1, 0.15) is 0 Å². The predicted octanol–water partition coefficient (Wildman–Crippen LogP) is 15.1. The molecule has 0 bridgehead atoms. The van der Waals surface area contributed by atoms with E-state index in [-0.39, 0.29) is 10.8 Å². The lowest BCUT2D eigenvalue weighted by molar-refractivity contribution is 0.490. The van der Waals surface area contributed by atoms with Gasteiger partial charge in [-0.25, -0.2) is 0 Å². The van der Waals surface area contributed by atoms with Gasteiger partial charge < -0.3 is 0 Å². The van der Waals surface area contributed by atoms with Crippen molar-refractivity contribution in [1.29, 1.82) is 0 Å². The Morgan fingerprint density at radius 2 is 0.722 bits per heavy atom. The van der Waals surface area contributed by atoms with Crippen molar-refractivity contribution in [2.75, 3.05) is 0 Å². The van der Waals surface area contributed by atoms with Gasteiger partial charge in [0.15, 0.2) is 0 Å². The minimum absolute atomic E-state index is 0.0108. The van der Waals surface area contributed by atoms with Gasteiger partial charge >= 0.3 is 0 Å². The third-order valence-corrected chi connectivity index (χ3v) is 14.2. The van der Waals surface area contributed by atoms with Crippen molar-refractivity contribution < 1.29 is 0 Å². The quantitative estimate of drug-likeness (QED) is 0.163. The average Bonchev–Trinajstić information content (AvgIpc) is 3.82. The van der Waals surface area contributed by atoms with Crippen LogP contribution in [0.5, 0.6) is 0 Å². The van der Waals surface area contributed by atoms with Crippen LogP contribution in [0.1, 0.15) is 75.6 Å². The first-order valence-electron chi connectivity index (χ1n) is 20.2. The Hall–Kier alpha value is -5.72. The molecule has 0 N–H and O–H groups in total. The van der Waals surface area contributed by atoms with Crippen LogP contribution < -0.4 is 0 Å². The zero-order chi connectivity index (χ0) is 36.3. The Kier molecular flexibility index (Phi) is 6.70. The minimum atomic E-state index is 0.0108. The lowest BCUT2D eigenvalue weighted by Gasteiger charge is -2.30. The van der Waals surface area contributed by atoms with Crippen molar-refractivity contribution in [1.82, 2.24) is 0 Å². The van der Waals surface area contributed by atoms with Crippen molar-refractivity contribution in [3.63, 3.8) is 0 Å². The van der Waals surface area contributed by atoms with Crippen LogP contribution >= 0.6 is 0 Å². The highest BCUT2D eigenvalue weighted by molar-refractivity contribution is 6.27. The first-order chi connectivity index (χ1) is 26.6. The van der Waals surface area contributed by atoms with E-state index in [9.17, 15) is 0 Å². The van der Waals surface area contributed by atoms with E-state index in [4.69, 9.17) is 0 Å². The van der Waals surface area contributed by atoms with Gasteiger partial charge in [0.25, 0.3) is 0 Å². The Morgan fingerprint density at radius 3 is 1.17 bits per heavy atom. The first-order valence-corrected chi connectivity index (χ1v) is 20.2. The molecule has 0 unspecified atom stereocenters. The molecule has 3 aliphatic carbocycles. The van der Waals surface area contributed by atoms with Gasteiger partial charge in [0.2, 0.25) is 0 Å². The summed E-state index contributed by atoms with van der Waals surface area (Å²) in [7, 11) is 0. The lowest BCUT2D eigenvalue weighted by Crippen LogP contribution is -2.23. The van der Waals surface area contributed by atoms with Gasteiger partial charge in [-0.2, -0.15) is 0 Å². The summed E-state index contributed by atoms with van der Waals surface area (Å²) < 4.78 is 0. The second-order valence-corrected chi connectivity index (χ2v) is 15.9. The van der Waals surface area contributed by atoms with E-state index < -0.39 is 0 Å². The maximum absolute atomic E-state index is 2.58. The molecule has 0 aliphatic heterocycles. The summed E-state index contributed by atoms with van der Waals surface area (Å²) in [5.41, 5.74) is 22.4. The van der Waals surface area contributed by atoms with Crippen LogP contribution in [-0.2, 0) is 10.8 Å². The number of hydrogen-bond donors (Lipinski definition) is 0. The molecule has 11 rings (SSSR count). The summed E-state index contributed by atoms with van der Waals surface area (Å²) in [6.07, 6.45) is 4.33. The van der Waals surface area contributed by atoms with Crippen LogP contribution in [0.2, 0.25) is 0 Å². The SMILES string of the molecule is CCC1(CC)c2ccccc2-c2ccc(-c3c4c(c(-c5ccc6c(c5)C(CC)(CC)c5ccccc5-6)c5ccccc35)-c3cccc5cccc-4c35)cc21. The van der Waals surface area contributed by atoms with Crippen molar-refractivity contribution in [3.05, 3.63) is 168 Å². The Bertz CT molecular complexity index is 2680. The van der Waals surface area contributed by atoms with Crippen molar-refractivity contribution in [3.8, 4) is 66.8 Å². The van der Waals surface area contributed by atoms with E-state index in [2.05, 4.69) is 173 Å². The molecule has 0 nitrogen and oxygen atoms in total. The van der Waals surface area contributed by atoms with E-state index in [1.165, 1.54) is 111 Å². The van der Waals surface area contributed by atoms with E-state index in [0.717, 1.165) is 25.7 Å². The van der Waals surface area contributed by atoms with E-state index in [1.807, 2.05) is 0 Å². The zero-order valence-corrected chi connectivity index (χ0v) is 31.7. The molecule has 0 saturated heterocycles. The topological polar surface area (TPSA) is 0 Å². The molecule has 0 fully saturated rings. The van der Waals surface area contributed by atoms with Crippen LogP contribution in [0.3, 0.4) is 0 Å². The van der Waals surface area contributed by atoms with Gasteiger partial charge in [0.05, 0.1) is 0 Å². The van der Waals surface area contributed by atoms with Gasteiger partial charge in [-0.15, -0.1) is 0 Å². The molecule has 0 heterocycles. The maximum Gasteiger partial charge on any atom is 0.0210 e. The predicted molar refractivity (Wildman–Crippen MR) is 230 cm³/mol. The monoisotopic (exact) mass is 692 g/mol. The molecule has 8 aromatic rings. The minimum Gasteiger partial charge on any atom is -0.0642 e. The second-order valence-electron chi connectivity index (χ2n) is 15.9. The summed E-state index contributed by atoms with van der Waals surface area (Å²) in [4.78, 5) is 0. The van der Waals surface area contributed by atoms with Crippen LogP contribution in [0.15, 0.2) is 146 Å². The molecular formula is C54H44. The fourth-order valence-electron chi connectivity index (χ4n) is 11.6. The first kappa shape index (κ1) is 31.8. The van der Waals surface area contributed by atoms with Crippen LogP contribution in [0, 0.1) is 0 Å². The molecule has 0 atom stereocenters. The largest absolute Gasteiger partial charge is 0.0642 e. The zero-order valence-electron chi connectivity index (χ0n) is 31.7. The fraction of sp³-hybridized carbons (Fsp3) is 0.185. The molecule has 0 spiro atoms. The third kappa shape index (κ3) is 3.84. The summed E-state index contributed by atoms with van der Waals surface area (Å²) in [5, 5.41) is 5.34. The number of rotatable bonds is 6. The highest BCUT2D eigenvalue weighted by Crippen LogP contribution is 2.60. The standard InChI is InChI=1S/C54H44/c1-5-53(6-2)44-25-13-11-19-36(44)38-29-27-34(31-46(38)53)49-40-21-9-10-22-41(40)50(52-43-24-16-18-33-17-15-23-42(48(33)43)51(49)52)35-28-30-39-37-20-12-14-26-45(37)54(7-3,8-4)47(39)32-35/h9-32H,5-8H2,1-4H3. The van der Waals surface area contributed by atoms with Gasteiger partial charge in [-0.3, -0.25) is 0 Å². The highest BCUT2D eigenvalue weighted by atomic mass is 14.5. The van der Waals surface area contributed by atoms with E-state index in [0.29, 0.717) is 0 Å². The molecule has 3 aliphatic rings. The maximum atomic E-state index is 2.58. The molecular weight excluding hydrogens is 649 g/mol. The highest BCUT2D eigenvalue weighted by Gasteiger charge is 2.42. The Balaban J connectivity index is 1.25. The molecule has 0 radical (unpaired) electrons. The molecule has 260 valence electrons. The van der Waals surface area contributed by atoms with E-state index in [1.54, 1.807) is 0 Å². The van der Waals surface area contributed by atoms with Crippen molar-refractivity contribution >= 4 is 21.5 Å². The smallest absolute Gasteiger partial charge is 0.0210 e. The normalized spacial score (nSPS) is 14.9. The molecule has 0 amide bonds. The molecule has 0 aromatic heterocycles. The number of hydrogen-bond acceptors (Lipinski definition) is 0. The fourth-order valence-corrected chi connectivity index (χ4v) is 11.6. The van der Waals surface area contributed by atoms with Crippen molar-refractivity contribution in [2.24, 2.45) is 0 Å². The molecule has 8 aromatic carbocycles. The third-order valence-electron chi connectivity index (χ3n) is 14.2. The van der Waals surface area contributed by atoms with E-state index >= 15 is 0 Å². The average molecular weight is 693 g/mol. The lowest BCUT2D eigenvalue weighted by atomic mass is 9.72. The van der Waals surface area contributed by atoms with Crippen molar-refractivity contribution in [2.45, 2.75) is 64.2 Å². The Morgan fingerprint density at radius 1 is 0.333 bits per heavy atom. The van der Waals surface area contributed by atoms with Crippen LogP contribution in [-0.4, -0.2) is 0 Å². The molecule has 0 saturated carbocycles. The second kappa shape index (κ2) is 11.4. The Labute approximate surface area is 319 Å². The molecule has 54 heavy (non-hydrogen) atoms. The number of benzene rings is 8. The van der Waals surface area contributed by atoms with Gasteiger partial charge in [-0.05, 0) is 148 Å². The summed E-state index contributed by atoms with van der Waals surface area (Å²) in [5.74, 6) is 0. The number of fused-ring (bicyclic) bond motifs is 10. The summed E-state index contributed by atoms with van der Waals surface area (Å²) in [6, 6.07) is 56.3. The molecule has 0 heteroatoms. The van der Waals surface area contributed by atoms with Crippen LogP contribution in [0.25, 0.3) is 88.3 Å². The summed E-state index contributed by atoms with van der Waals surface area (Å²) >= 11 is 0. The van der Waals surface area contributed by atoms with Crippen LogP contribution in [0.4, 0.5) is 0 Å². The summed E-state index contributed by atoms with van der Waals surface area (Å²) in [6.45, 7) is 9.51. The van der Waals surface area contributed by atoms with Gasteiger partial charge in [0, 0.05) is 10.8 Å². The van der Waals surface area contributed by atoms with Gasteiger partial charge in [-0.1, -0.05) is 161 Å².